The smallest absolute Gasteiger partial charge is 0.220 e. The van der Waals surface area contributed by atoms with Gasteiger partial charge in [0, 0.05) is 24.1 Å². The molecule has 1 heterocycles. The van der Waals surface area contributed by atoms with Gasteiger partial charge in [-0.25, -0.2) is 8.78 Å². The van der Waals surface area contributed by atoms with Crippen LogP contribution in [-0.4, -0.2) is 11.1 Å². The van der Waals surface area contributed by atoms with Crippen LogP contribution in [-0.2, 0) is 17.8 Å². The SMILES string of the molecule is O=C(CCc1conc1-c1cccc(F)c1)NCc1ccc(F)cc1. The molecule has 0 fully saturated rings. The van der Waals surface area contributed by atoms with E-state index < -0.39 is 0 Å². The number of benzene rings is 2. The minimum atomic E-state index is -0.358. The van der Waals surface area contributed by atoms with Gasteiger partial charge in [0.25, 0.3) is 0 Å². The summed E-state index contributed by atoms with van der Waals surface area (Å²) in [5.41, 5.74) is 2.70. The maximum atomic E-state index is 13.3. The first-order valence-electron chi connectivity index (χ1n) is 7.82. The lowest BCUT2D eigenvalue weighted by Crippen LogP contribution is -2.23. The highest BCUT2D eigenvalue weighted by molar-refractivity contribution is 5.76. The summed E-state index contributed by atoms with van der Waals surface area (Å²) in [6.07, 6.45) is 2.13. The van der Waals surface area contributed by atoms with E-state index in [0.717, 1.165) is 11.1 Å². The number of hydrogen-bond donors (Lipinski definition) is 1. The molecule has 0 atom stereocenters. The minimum Gasteiger partial charge on any atom is -0.364 e. The number of halogens is 2. The third-order valence-electron chi connectivity index (χ3n) is 3.77. The Morgan fingerprint density at radius 1 is 1.08 bits per heavy atom. The summed E-state index contributed by atoms with van der Waals surface area (Å²) in [4.78, 5) is 12.0. The Kier molecular flexibility index (Phi) is 5.18. The van der Waals surface area contributed by atoms with Crippen molar-refractivity contribution in [2.75, 3.05) is 0 Å². The quantitative estimate of drug-likeness (QED) is 0.740. The van der Waals surface area contributed by atoms with Gasteiger partial charge in [-0.1, -0.05) is 29.4 Å². The molecule has 0 aliphatic heterocycles. The van der Waals surface area contributed by atoms with Crippen molar-refractivity contribution >= 4 is 5.91 Å². The van der Waals surface area contributed by atoms with Gasteiger partial charge in [-0.3, -0.25) is 4.79 Å². The number of carbonyl (C=O) groups excluding carboxylic acids is 1. The van der Waals surface area contributed by atoms with Gasteiger partial charge in [0.1, 0.15) is 23.6 Å². The number of carbonyl (C=O) groups is 1. The van der Waals surface area contributed by atoms with E-state index >= 15 is 0 Å². The summed E-state index contributed by atoms with van der Waals surface area (Å²) in [6, 6.07) is 12.0. The standard InChI is InChI=1S/C19H16F2N2O2/c20-16-7-4-13(5-8-16)11-22-18(24)9-6-15-12-25-23-19(15)14-2-1-3-17(21)10-14/h1-5,7-8,10,12H,6,9,11H2,(H,22,24). The molecule has 2 aromatic carbocycles. The maximum Gasteiger partial charge on any atom is 0.220 e. The first-order valence-corrected chi connectivity index (χ1v) is 7.82. The molecular weight excluding hydrogens is 326 g/mol. The van der Waals surface area contributed by atoms with Crippen LogP contribution >= 0.6 is 0 Å². The molecule has 3 aromatic rings. The second kappa shape index (κ2) is 7.70. The molecule has 1 aromatic heterocycles. The van der Waals surface area contributed by atoms with Crippen LogP contribution in [0, 0.1) is 11.6 Å². The lowest BCUT2D eigenvalue weighted by atomic mass is 10.0. The molecule has 0 spiro atoms. The van der Waals surface area contributed by atoms with Crippen LogP contribution in [0.2, 0.25) is 0 Å². The molecule has 0 bridgehead atoms. The average molecular weight is 342 g/mol. The van der Waals surface area contributed by atoms with Crippen molar-refractivity contribution in [1.82, 2.24) is 10.5 Å². The Labute approximate surface area is 143 Å². The van der Waals surface area contributed by atoms with E-state index in [0.29, 0.717) is 24.2 Å². The van der Waals surface area contributed by atoms with Gasteiger partial charge >= 0.3 is 0 Å². The summed E-state index contributed by atoms with van der Waals surface area (Å²) in [7, 11) is 0. The van der Waals surface area contributed by atoms with Crippen LogP contribution in [0.5, 0.6) is 0 Å². The van der Waals surface area contributed by atoms with E-state index in [9.17, 15) is 13.6 Å². The van der Waals surface area contributed by atoms with Crippen molar-refractivity contribution in [2.45, 2.75) is 19.4 Å². The highest BCUT2D eigenvalue weighted by Gasteiger charge is 2.12. The van der Waals surface area contributed by atoms with Crippen molar-refractivity contribution in [3.05, 3.63) is 77.6 Å². The molecule has 4 nitrogen and oxygen atoms in total. The number of aryl methyl sites for hydroxylation is 1. The van der Waals surface area contributed by atoms with Gasteiger partial charge in [0.05, 0.1) is 0 Å². The predicted octanol–water partition coefficient (Wildman–Crippen LogP) is 3.87. The average Bonchev–Trinajstić information content (AvgIpc) is 3.08. The molecule has 1 N–H and O–H groups in total. The molecule has 0 aliphatic rings. The monoisotopic (exact) mass is 342 g/mol. The summed E-state index contributed by atoms with van der Waals surface area (Å²) < 4.78 is 31.2. The molecular formula is C19H16F2N2O2. The molecule has 0 saturated carbocycles. The number of hydrogen-bond acceptors (Lipinski definition) is 3. The fourth-order valence-electron chi connectivity index (χ4n) is 2.45. The van der Waals surface area contributed by atoms with Crippen molar-refractivity contribution in [3.8, 4) is 11.3 Å². The number of aromatic nitrogens is 1. The van der Waals surface area contributed by atoms with E-state index in [1.165, 1.54) is 30.5 Å². The van der Waals surface area contributed by atoms with Gasteiger partial charge in [-0.15, -0.1) is 0 Å². The number of rotatable bonds is 6. The molecule has 3 rings (SSSR count). The second-order valence-corrected chi connectivity index (χ2v) is 5.60. The van der Waals surface area contributed by atoms with Gasteiger partial charge in [-0.05, 0) is 36.2 Å². The number of nitrogens with zero attached hydrogens (tertiary/aromatic N) is 1. The molecule has 0 unspecified atom stereocenters. The first-order chi connectivity index (χ1) is 12.1. The molecule has 1 amide bonds. The highest BCUT2D eigenvalue weighted by Crippen LogP contribution is 2.23. The summed E-state index contributed by atoms with van der Waals surface area (Å²) >= 11 is 0. The van der Waals surface area contributed by atoms with E-state index in [2.05, 4.69) is 10.5 Å². The Balaban J connectivity index is 1.56. The Morgan fingerprint density at radius 2 is 1.88 bits per heavy atom. The zero-order valence-electron chi connectivity index (χ0n) is 13.3. The molecule has 25 heavy (non-hydrogen) atoms. The Hall–Kier alpha value is -3.02. The maximum absolute atomic E-state index is 13.3. The lowest BCUT2D eigenvalue weighted by Gasteiger charge is -2.05. The Morgan fingerprint density at radius 3 is 2.64 bits per heavy atom. The first kappa shape index (κ1) is 16.8. The van der Waals surface area contributed by atoms with E-state index in [-0.39, 0.29) is 24.0 Å². The summed E-state index contributed by atoms with van der Waals surface area (Å²) in [5, 5.41) is 6.68. The predicted molar refractivity (Wildman–Crippen MR) is 88.5 cm³/mol. The van der Waals surface area contributed by atoms with Crippen LogP contribution in [0.3, 0.4) is 0 Å². The van der Waals surface area contributed by atoms with Crippen molar-refractivity contribution in [3.63, 3.8) is 0 Å². The zero-order chi connectivity index (χ0) is 17.6. The largest absolute Gasteiger partial charge is 0.364 e. The van der Waals surface area contributed by atoms with Crippen LogP contribution in [0.1, 0.15) is 17.5 Å². The van der Waals surface area contributed by atoms with Crippen LogP contribution in [0.25, 0.3) is 11.3 Å². The van der Waals surface area contributed by atoms with Gasteiger partial charge in [-0.2, -0.15) is 0 Å². The van der Waals surface area contributed by atoms with E-state index in [4.69, 9.17) is 4.52 Å². The number of nitrogens with one attached hydrogen (secondary N) is 1. The van der Waals surface area contributed by atoms with Crippen molar-refractivity contribution in [1.29, 1.82) is 0 Å². The van der Waals surface area contributed by atoms with Gasteiger partial charge in [0.15, 0.2) is 0 Å². The molecule has 128 valence electrons. The Bertz CT molecular complexity index is 860. The van der Waals surface area contributed by atoms with Crippen LogP contribution in [0.15, 0.2) is 59.3 Å². The molecule has 6 heteroatoms. The molecule has 0 saturated heterocycles. The normalized spacial score (nSPS) is 10.6. The van der Waals surface area contributed by atoms with Crippen LogP contribution in [0.4, 0.5) is 8.78 Å². The zero-order valence-corrected chi connectivity index (χ0v) is 13.3. The summed E-state index contributed by atoms with van der Waals surface area (Å²) in [5.74, 6) is -0.813. The summed E-state index contributed by atoms with van der Waals surface area (Å²) in [6.45, 7) is 0.333. The van der Waals surface area contributed by atoms with E-state index in [1.807, 2.05) is 0 Å². The second-order valence-electron chi connectivity index (χ2n) is 5.60. The molecule has 0 aliphatic carbocycles. The lowest BCUT2D eigenvalue weighted by molar-refractivity contribution is -0.121. The van der Waals surface area contributed by atoms with E-state index in [1.54, 1.807) is 24.3 Å². The van der Waals surface area contributed by atoms with Gasteiger partial charge < -0.3 is 9.84 Å². The minimum absolute atomic E-state index is 0.143. The fourth-order valence-corrected chi connectivity index (χ4v) is 2.45. The van der Waals surface area contributed by atoms with Crippen molar-refractivity contribution in [2.24, 2.45) is 0 Å². The third kappa shape index (κ3) is 4.50. The molecule has 0 radical (unpaired) electrons. The highest BCUT2D eigenvalue weighted by atomic mass is 19.1. The number of amides is 1. The van der Waals surface area contributed by atoms with Gasteiger partial charge in [0.2, 0.25) is 5.91 Å². The topological polar surface area (TPSA) is 55.1 Å². The third-order valence-corrected chi connectivity index (χ3v) is 3.77. The van der Waals surface area contributed by atoms with Crippen molar-refractivity contribution < 1.29 is 18.1 Å². The van der Waals surface area contributed by atoms with Crippen LogP contribution < -0.4 is 5.32 Å². The fraction of sp³-hybridized carbons (Fsp3) is 0.158.